The molecule has 2 aromatic rings. The number of nitrogens with one attached hydrogen (secondary N) is 1. The first-order valence-corrected chi connectivity index (χ1v) is 10.8. The summed E-state index contributed by atoms with van der Waals surface area (Å²) in [6, 6.07) is 7.78. The van der Waals surface area contributed by atoms with Crippen LogP contribution in [0.2, 0.25) is 5.02 Å². The maximum Gasteiger partial charge on any atom is 0.241 e. The number of piperidine rings is 1. The van der Waals surface area contributed by atoms with Crippen LogP contribution in [0.15, 0.2) is 30.6 Å². The Balaban J connectivity index is 1.40. The van der Waals surface area contributed by atoms with E-state index in [9.17, 15) is 4.79 Å². The van der Waals surface area contributed by atoms with Gasteiger partial charge in [0.2, 0.25) is 5.91 Å². The fraction of sp³-hybridized carbons (Fsp3) is 0.421. The van der Waals surface area contributed by atoms with Gasteiger partial charge in [0.25, 0.3) is 0 Å². The Morgan fingerprint density at radius 1 is 1.25 bits per heavy atom. The van der Waals surface area contributed by atoms with Crippen molar-refractivity contribution in [3.63, 3.8) is 0 Å². The standard InChI is InChI=1S/C19H22ClIN6O/c20-13-5-14(21)7-15(6-13)23-9-19(28)26-3-1-12-2-4-27(16(12)10-26)18-8-17(22)24-11-25-18/h5-8,11-12,16,23H,1-4,9-10H2,(H2,22,24,25). The Bertz CT molecular complexity index is 861. The Labute approximate surface area is 182 Å². The zero-order valence-electron chi connectivity index (χ0n) is 15.3. The van der Waals surface area contributed by atoms with E-state index in [-0.39, 0.29) is 18.5 Å². The van der Waals surface area contributed by atoms with Gasteiger partial charge in [-0.25, -0.2) is 9.97 Å². The lowest BCUT2D eigenvalue weighted by Gasteiger charge is -2.39. The summed E-state index contributed by atoms with van der Waals surface area (Å²) in [5.74, 6) is 2.00. The third kappa shape index (κ3) is 4.27. The summed E-state index contributed by atoms with van der Waals surface area (Å²) in [7, 11) is 0. The third-order valence-electron chi connectivity index (χ3n) is 5.49. The number of amides is 1. The van der Waals surface area contributed by atoms with Crippen LogP contribution in [-0.2, 0) is 4.79 Å². The van der Waals surface area contributed by atoms with Crippen LogP contribution in [0, 0.1) is 9.49 Å². The number of nitrogens with two attached hydrogens (primary N) is 1. The van der Waals surface area contributed by atoms with Crippen molar-refractivity contribution in [3.8, 4) is 0 Å². The highest BCUT2D eigenvalue weighted by Gasteiger charge is 2.40. The number of anilines is 3. The third-order valence-corrected chi connectivity index (χ3v) is 6.33. The lowest BCUT2D eigenvalue weighted by Crippen LogP contribution is -2.51. The number of rotatable bonds is 4. The van der Waals surface area contributed by atoms with Gasteiger partial charge in [0.1, 0.15) is 18.0 Å². The molecule has 9 heteroatoms. The van der Waals surface area contributed by atoms with Gasteiger partial charge in [-0.15, -0.1) is 0 Å². The molecule has 0 saturated carbocycles. The van der Waals surface area contributed by atoms with Gasteiger partial charge in [0.05, 0.1) is 12.6 Å². The average molecular weight is 513 g/mol. The van der Waals surface area contributed by atoms with Crippen LogP contribution in [0.25, 0.3) is 0 Å². The molecular weight excluding hydrogens is 491 g/mol. The molecule has 1 aromatic heterocycles. The lowest BCUT2D eigenvalue weighted by atomic mass is 9.92. The average Bonchev–Trinajstić information content (AvgIpc) is 3.08. The van der Waals surface area contributed by atoms with Crippen molar-refractivity contribution in [2.45, 2.75) is 18.9 Å². The number of nitrogens with zero attached hydrogens (tertiary/aromatic N) is 4. The highest BCUT2D eigenvalue weighted by Crippen LogP contribution is 2.34. The number of nitrogen functional groups attached to an aromatic ring is 1. The number of hydrogen-bond acceptors (Lipinski definition) is 6. The number of fused-ring (bicyclic) bond motifs is 1. The molecule has 0 bridgehead atoms. The largest absolute Gasteiger partial charge is 0.384 e. The van der Waals surface area contributed by atoms with Crippen LogP contribution in [-0.4, -0.2) is 53.0 Å². The molecule has 3 N–H and O–H groups in total. The summed E-state index contributed by atoms with van der Waals surface area (Å²) in [6.45, 7) is 2.71. The van der Waals surface area contributed by atoms with Gasteiger partial charge in [0.15, 0.2) is 0 Å². The van der Waals surface area contributed by atoms with Crippen molar-refractivity contribution in [2.24, 2.45) is 5.92 Å². The van der Waals surface area contributed by atoms with E-state index >= 15 is 0 Å². The maximum atomic E-state index is 12.8. The fourth-order valence-electron chi connectivity index (χ4n) is 4.12. The topological polar surface area (TPSA) is 87.4 Å². The SMILES string of the molecule is Nc1cc(N2CCC3CCN(C(=O)CNc4cc(Cl)cc(I)c4)CC32)ncn1. The van der Waals surface area contributed by atoms with Gasteiger partial charge in [-0.2, -0.15) is 0 Å². The second-order valence-electron chi connectivity index (χ2n) is 7.25. The molecule has 0 spiro atoms. The molecule has 2 aliphatic heterocycles. The first-order valence-electron chi connectivity index (χ1n) is 9.31. The summed E-state index contributed by atoms with van der Waals surface area (Å²) in [4.78, 5) is 25.4. The van der Waals surface area contributed by atoms with E-state index in [0.29, 0.717) is 23.3 Å². The number of likely N-dealkylation sites (tertiary alicyclic amines) is 1. The number of carbonyl (C=O) groups is 1. The molecule has 0 radical (unpaired) electrons. The molecule has 1 amide bonds. The van der Waals surface area contributed by atoms with Crippen molar-refractivity contribution in [1.82, 2.24) is 14.9 Å². The molecule has 4 rings (SSSR count). The molecule has 2 unspecified atom stereocenters. The van der Waals surface area contributed by atoms with E-state index in [1.807, 2.05) is 29.2 Å². The van der Waals surface area contributed by atoms with E-state index in [1.54, 1.807) is 0 Å². The Morgan fingerprint density at radius 2 is 2.07 bits per heavy atom. The van der Waals surface area contributed by atoms with Gasteiger partial charge in [0, 0.05) is 40.0 Å². The monoisotopic (exact) mass is 512 g/mol. The van der Waals surface area contributed by atoms with E-state index < -0.39 is 0 Å². The van der Waals surface area contributed by atoms with Crippen LogP contribution in [0.1, 0.15) is 12.8 Å². The minimum Gasteiger partial charge on any atom is -0.384 e. The predicted molar refractivity (Wildman–Crippen MR) is 120 cm³/mol. The summed E-state index contributed by atoms with van der Waals surface area (Å²) in [5, 5.41) is 3.86. The van der Waals surface area contributed by atoms with Gasteiger partial charge in [-0.1, -0.05) is 11.6 Å². The first-order chi connectivity index (χ1) is 13.5. The van der Waals surface area contributed by atoms with Gasteiger partial charge in [-0.3, -0.25) is 4.79 Å². The molecule has 2 atom stereocenters. The zero-order valence-corrected chi connectivity index (χ0v) is 18.2. The highest BCUT2D eigenvalue weighted by molar-refractivity contribution is 14.1. The van der Waals surface area contributed by atoms with Crippen LogP contribution in [0.3, 0.4) is 0 Å². The van der Waals surface area contributed by atoms with Crippen molar-refractivity contribution in [2.75, 3.05) is 42.1 Å². The molecule has 0 aliphatic carbocycles. The number of hydrogen-bond donors (Lipinski definition) is 2. The molecule has 3 heterocycles. The molecule has 7 nitrogen and oxygen atoms in total. The molecule has 2 aliphatic rings. The number of halogens is 2. The van der Waals surface area contributed by atoms with Crippen molar-refractivity contribution >= 4 is 57.4 Å². The Hall–Kier alpha value is -1.81. The van der Waals surface area contributed by atoms with Gasteiger partial charge < -0.3 is 20.9 Å². The molecule has 148 valence electrons. The number of benzene rings is 1. The normalized spacial score (nSPS) is 21.5. The smallest absolute Gasteiger partial charge is 0.241 e. The zero-order chi connectivity index (χ0) is 19.7. The Kier molecular flexibility index (Phi) is 5.77. The van der Waals surface area contributed by atoms with E-state index in [1.165, 1.54) is 6.33 Å². The van der Waals surface area contributed by atoms with E-state index in [0.717, 1.165) is 41.0 Å². The number of carbonyl (C=O) groups excluding carboxylic acids is 1. The lowest BCUT2D eigenvalue weighted by molar-refractivity contribution is -0.130. The highest BCUT2D eigenvalue weighted by atomic mass is 127. The minimum absolute atomic E-state index is 0.0995. The quantitative estimate of drug-likeness (QED) is 0.613. The maximum absolute atomic E-state index is 12.8. The summed E-state index contributed by atoms with van der Waals surface area (Å²) in [6.07, 6.45) is 3.64. The Morgan fingerprint density at radius 3 is 2.86 bits per heavy atom. The van der Waals surface area contributed by atoms with Crippen molar-refractivity contribution in [3.05, 3.63) is 39.2 Å². The van der Waals surface area contributed by atoms with Crippen LogP contribution in [0.4, 0.5) is 17.3 Å². The van der Waals surface area contributed by atoms with Gasteiger partial charge >= 0.3 is 0 Å². The van der Waals surface area contributed by atoms with Crippen LogP contribution < -0.4 is 16.0 Å². The van der Waals surface area contributed by atoms with Crippen LogP contribution in [0.5, 0.6) is 0 Å². The van der Waals surface area contributed by atoms with Crippen molar-refractivity contribution in [1.29, 1.82) is 0 Å². The second-order valence-corrected chi connectivity index (χ2v) is 8.93. The van der Waals surface area contributed by atoms with Crippen molar-refractivity contribution < 1.29 is 4.79 Å². The first kappa shape index (κ1) is 19.5. The minimum atomic E-state index is 0.0995. The second kappa shape index (κ2) is 8.28. The molecular formula is C19H22ClIN6O. The molecule has 2 fully saturated rings. The molecule has 28 heavy (non-hydrogen) atoms. The summed E-state index contributed by atoms with van der Waals surface area (Å²) in [5.41, 5.74) is 6.69. The molecule has 1 aromatic carbocycles. The predicted octanol–water partition coefficient (Wildman–Crippen LogP) is 2.86. The summed E-state index contributed by atoms with van der Waals surface area (Å²) < 4.78 is 1.03. The number of aromatic nitrogens is 2. The van der Waals surface area contributed by atoms with Crippen LogP contribution >= 0.6 is 34.2 Å². The van der Waals surface area contributed by atoms with Gasteiger partial charge in [-0.05, 0) is 59.5 Å². The van der Waals surface area contributed by atoms with E-state index in [2.05, 4.69) is 42.8 Å². The summed E-state index contributed by atoms with van der Waals surface area (Å²) >= 11 is 8.31. The fourth-order valence-corrected chi connectivity index (χ4v) is 5.21. The van der Waals surface area contributed by atoms with E-state index in [4.69, 9.17) is 17.3 Å². The molecule has 2 saturated heterocycles.